The molecule has 6 heteroatoms. The molecule has 5 nitrogen and oxygen atoms in total. The molecule has 0 amide bonds. The summed E-state index contributed by atoms with van der Waals surface area (Å²) < 4.78 is 14.1. The number of methoxy groups -OCH3 is 1. The Kier molecular flexibility index (Phi) is 2.99. The van der Waals surface area contributed by atoms with Gasteiger partial charge in [0.15, 0.2) is 0 Å². The highest BCUT2D eigenvalue weighted by molar-refractivity contribution is 7.09. The van der Waals surface area contributed by atoms with Crippen molar-refractivity contribution in [2.75, 3.05) is 7.11 Å². The summed E-state index contributed by atoms with van der Waals surface area (Å²) in [7, 11) is 1.57. The van der Waals surface area contributed by atoms with Gasteiger partial charge < -0.3 is 9.26 Å². The molecule has 0 N–H and O–H groups in total. The lowest BCUT2D eigenvalue weighted by Gasteiger charge is -1.93. The highest BCUT2D eigenvalue weighted by Crippen LogP contribution is 2.29. The van der Waals surface area contributed by atoms with Crippen LogP contribution in [-0.4, -0.2) is 16.6 Å². The quantitative estimate of drug-likeness (QED) is 0.814. The lowest BCUT2D eigenvalue weighted by Crippen LogP contribution is -1.90. The van der Waals surface area contributed by atoms with E-state index in [9.17, 15) is 0 Å². The van der Waals surface area contributed by atoms with Crippen molar-refractivity contribution < 1.29 is 9.26 Å². The van der Waals surface area contributed by atoms with E-state index in [-0.39, 0.29) is 0 Å². The zero-order chi connectivity index (χ0) is 11.5. The number of nitriles is 1. The molecule has 2 rings (SSSR count). The fourth-order valence-corrected chi connectivity index (χ4v) is 2.11. The molecule has 0 atom stereocenters. The van der Waals surface area contributed by atoms with Crippen LogP contribution < -0.4 is 0 Å². The van der Waals surface area contributed by atoms with Crippen molar-refractivity contribution in [1.82, 2.24) is 9.53 Å². The molecule has 0 fully saturated rings. The molecule has 0 aliphatic heterocycles. The van der Waals surface area contributed by atoms with Crippen LogP contribution in [0.3, 0.4) is 0 Å². The monoisotopic (exact) mass is 235 g/mol. The fraction of sp³-hybridized carbons (Fsp3) is 0.300. The van der Waals surface area contributed by atoms with Gasteiger partial charge in [0, 0.05) is 13.2 Å². The molecule has 0 aliphatic carbocycles. The second-order valence-corrected chi connectivity index (χ2v) is 3.97. The van der Waals surface area contributed by atoms with E-state index in [1.54, 1.807) is 20.1 Å². The van der Waals surface area contributed by atoms with E-state index >= 15 is 0 Å². The lowest BCUT2D eigenvalue weighted by molar-refractivity contribution is 0.182. The first kappa shape index (κ1) is 10.8. The average Bonchev–Trinajstić information content (AvgIpc) is 2.85. The molecule has 2 heterocycles. The Morgan fingerprint density at radius 1 is 1.62 bits per heavy atom. The van der Waals surface area contributed by atoms with Crippen LogP contribution in [0.15, 0.2) is 10.6 Å². The van der Waals surface area contributed by atoms with Crippen LogP contribution >= 0.6 is 11.5 Å². The number of hydrogen-bond acceptors (Lipinski definition) is 6. The summed E-state index contributed by atoms with van der Waals surface area (Å²) in [5.74, 6) is 0.709. The first-order valence-electron chi connectivity index (χ1n) is 4.57. The number of hydrogen-bond donors (Lipinski definition) is 0. The number of aryl methyl sites for hydroxylation is 1. The van der Waals surface area contributed by atoms with Crippen molar-refractivity contribution >= 4 is 11.5 Å². The molecule has 2 aromatic rings. The Labute approximate surface area is 96.4 Å². The van der Waals surface area contributed by atoms with E-state index in [1.807, 2.05) is 0 Å². The van der Waals surface area contributed by atoms with Crippen molar-refractivity contribution in [3.63, 3.8) is 0 Å². The van der Waals surface area contributed by atoms with Crippen molar-refractivity contribution in [2.45, 2.75) is 13.5 Å². The van der Waals surface area contributed by atoms with Gasteiger partial charge in [-0.2, -0.15) is 9.64 Å². The Balaban J connectivity index is 2.46. The summed E-state index contributed by atoms with van der Waals surface area (Å²) in [6, 6.07) is 3.91. The zero-order valence-corrected chi connectivity index (χ0v) is 9.67. The largest absolute Gasteiger partial charge is 0.378 e. The molecule has 0 radical (unpaired) electrons. The number of rotatable bonds is 3. The van der Waals surface area contributed by atoms with Gasteiger partial charge >= 0.3 is 0 Å². The number of ether oxygens (including phenoxy) is 1. The number of nitrogens with zero attached hydrogens (tertiary/aromatic N) is 3. The third-order valence-corrected chi connectivity index (χ3v) is 2.92. The minimum Gasteiger partial charge on any atom is -0.378 e. The van der Waals surface area contributed by atoms with Gasteiger partial charge in [0.05, 0.1) is 22.7 Å². The summed E-state index contributed by atoms with van der Waals surface area (Å²) in [5.41, 5.74) is 1.81. The molecular weight excluding hydrogens is 226 g/mol. The van der Waals surface area contributed by atoms with E-state index in [1.165, 1.54) is 11.5 Å². The maximum absolute atomic E-state index is 9.09. The Hall–Kier alpha value is -1.71. The maximum Gasteiger partial charge on any atom is 0.134 e. The summed E-state index contributed by atoms with van der Waals surface area (Å²) in [6.45, 7) is 2.13. The van der Waals surface area contributed by atoms with E-state index < -0.39 is 0 Å². The average molecular weight is 235 g/mol. The molecule has 0 spiro atoms. The molecule has 0 saturated carbocycles. The van der Waals surface area contributed by atoms with E-state index in [0.29, 0.717) is 29.3 Å². The molecule has 0 bridgehead atoms. The van der Waals surface area contributed by atoms with E-state index in [4.69, 9.17) is 14.5 Å². The topological polar surface area (TPSA) is 71.9 Å². The summed E-state index contributed by atoms with van der Waals surface area (Å²) in [5, 5.41) is 13.0. The molecule has 0 aromatic carbocycles. The summed E-state index contributed by atoms with van der Waals surface area (Å²) in [6.07, 6.45) is 0. The maximum atomic E-state index is 9.09. The molecule has 82 valence electrons. The van der Waals surface area contributed by atoms with E-state index in [0.717, 1.165) is 4.88 Å². The van der Waals surface area contributed by atoms with Gasteiger partial charge in [-0.25, -0.2) is 0 Å². The summed E-state index contributed by atoms with van der Waals surface area (Å²) in [4.78, 5) is 0.728. The van der Waals surface area contributed by atoms with Crippen LogP contribution in [0.1, 0.15) is 17.0 Å². The highest BCUT2D eigenvalue weighted by Gasteiger charge is 2.17. The van der Waals surface area contributed by atoms with Crippen LogP contribution in [0.5, 0.6) is 0 Å². The Morgan fingerprint density at radius 3 is 3.00 bits per heavy atom. The molecule has 0 saturated heterocycles. The van der Waals surface area contributed by atoms with Gasteiger partial charge in [-0.1, -0.05) is 5.16 Å². The first-order valence-corrected chi connectivity index (χ1v) is 5.35. The third kappa shape index (κ3) is 1.83. The molecule has 2 aromatic heterocycles. The first-order chi connectivity index (χ1) is 7.76. The molecule has 0 unspecified atom stereocenters. The van der Waals surface area contributed by atoms with Gasteiger partial charge in [-0.15, -0.1) is 0 Å². The lowest BCUT2D eigenvalue weighted by atomic mass is 10.2. The van der Waals surface area contributed by atoms with Crippen LogP contribution in [-0.2, 0) is 11.3 Å². The van der Waals surface area contributed by atoms with Crippen molar-refractivity contribution in [3.05, 3.63) is 23.1 Å². The predicted octanol–water partition coefficient (Wildman–Crippen LogP) is 2.12. The van der Waals surface area contributed by atoms with Crippen LogP contribution in [0, 0.1) is 18.3 Å². The minimum absolute atomic E-state index is 0.330. The standard InChI is InChI=1S/C10H9N3O2S/c1-6-3-8(12-15-6)10-7(4-11)9(5-14-2)13-16-10/h3H,5H2,1-2H3. The van der Waals surface area contributed by atoms with Gasteiger partial charge in [0.2, 0.25) is 0 Å². The normalized spacial score (nSPS) is 10.3. The Bertz CT molecular complexity index is 538. The van der Waals surface area contributed by atoms with Crippen LogP contribution in [0.2, 0.25) is 0 Å². The fourth-order valence-electron chi connectivity index (χ4n) is 1.32. The summed E-state index contributed by atoms with van der Waals surface area (Å²) >= 11 is 1.23. The molecule has 0 aliphatic rings. The van der Waals surface area contributed by atoms with Gasteiger partial charge in [-0.05, 0) is 18.5 Å². The van der Waals surface area contributed by atoms with Crippen LogP contribution in [0.4, 0.5) is 0 Å². The SMILES string of the molecule is COCc1nsc(-c2cc(C)on2)c1C#N. The number of aromatic nitrogens is 2. The zero-order valence-electron chi connectivity index (χ0n) is 8.85. The van der Waals surface area contributed by atoms with Gasteiger partial charge in [-0.3, -0.25) is 0 Å². The van der Waals surface area contributed by atoms with Crippen molar-refractivity contribution in [1.29, 1.82) is 5.26 Å². The smallest absolute Gasteiger partial charge is 0.134 e. The molecule has 16 heavy (non-hydrogen) atoms. The van der Waals surface area contributed by atoms with Crippen molar-refractivity contribution in [3.8, 4) is 16.6 Å². The molecular formula is C10H9N3O2S. The predicted molar refractivity (Wildman–Crippen MR) is 57.8 cm³/mol. The van der Waals surface area contributed by atoms with Gasteiger partial charge in [0.1, 0.15) is 17.5 Å². The highest BCUT2D eigenvalue weighted by atomic mass is 32.1. The van der Waals surface area contributed by atoms with Gasteiger partial charge in [0.25, 0.3) is 0 Å². The minimum atomic E-state index is 0.330. The third-order valence-electron chi connectivity index (χ3n) is 2.02. The Morgan fingerprint density at radius 2 is 2.44 bits per heavy atom. The van der Waals surface area contributed by atoms with Crippen LogP contribution in [0.25, 0.3) is 10.6 Å². The van der Waals surface area contributed by atoms with E-state index in [2.05, 4.69) is 15.6 Å². The second kappa shape index (κ2) is 4.43. The second-order valence-electron chi connectivity index (χ2n) is 3.20. The van der Waals surface area contributed by atoms with Crippen molar-refractivity contribution in [2.24, 2.45) is 0 Å².